The second-order valence-corrected chi connectivity index (χ2v) is 8.94. The van der Waals surface area contributed by atoms with Crippen LogP contribution < -0.4 is 9.47 Å². The number of carbonyl (C=O) groups excluding carboxylic acids is 2. The minimum Gasteiger partial charge on any atom is -0.503 e. The normalized spacial score (nSPS) is 13.9. The number of rotatable bonds is 13. The third-order valence-electron chi connectivity index (χ3n) is 6.25. The monoisotopic (exact) mass is 489 g/mol. The smallest absolute Gasteiger partial charge is 0.310 e. The molecule has 35 heavy (non-hydrogen) atoms. The first-order valence-electron chi connectivity index (χ1n) is 12.0. The van der Waals surface area contributed by atoms with Crippen molar-refractivity contribution >= 4 is 11.8 Å². The van der Waals surface area contributed by atoms with E-state index in [0.29, 0.717) is 5.75 Å². The van der Waals surface area contributed by atoms with Crippen LogP contribution in [0.5, 0.6) is 17.2 Å². The summed E-state index contributed by atoms with van der Waals surface area (Å²) in [6.45, 7) is 9.49. The van der Waals surface area contributed by atoms with E-state index in [2.05, 4.69) is 4.98 Å². The van der Waals surface area contributed by atoms with Gasteiger partial charge in [-0.2, -0.15) is 0 Å². The average molecular weight is 490 g/mol. The maximum absolute atomic E-state index is 13.3. The van der Waals surface area contributed by atoms with Crippen LogP contribution in [0.15, 0.2) is 36.5 Å². The number of esters is 1. The second kappa shape index (κ2) is 13.1. The summed E-state index contributed by atoms with van der Waals surface area (Å²) in [4.78, 5) is 30.1. The molecule has 0 aliphatic carbocycles. The number of hydrogen-bond acceptors (Lipinski definition) is 7. The Bertz CT molecular complexity index is 974. The van der Waals surface area contributed by atoms with Crippen molar-refractivity contribution in [1.82, 2.24) is 4.98 Å². The van der Waals surface area contributed by atoms with Crippen LogP contribution in [0.25, 0.3) is 0 Å². The van der Waals surface area contributed by atoms with E-state index >= 15 is 0 Å². The van der Waals surface area contributed by atoms with Crippen LogP contribution in [0.4, 0.5) is 4.39 Å². The fourth-order valence-electron chi connectivity index (χ4n) is 4.03. The van der Waals surface area contributed by atoms with Crippen molar-refractivity contribution < 1.29 is 33.3 Å². The SMILES string of the molecule is CCC(CC)[C@@H](Oc1ccc(F)cc1)[C@H](C)OC(=O)[C@@H](CC(=O)c1nccc(OC)c1O)C(C)C. The summed E-state index contributed by atoms with van der Waals surface area (Å²) >= 11 is 0. The number of carbonyl (C=O) groups is 2. The van der Waals surface area contributed by atoms with Gasteiger partial charge in [-0.25, -0.2) is 9.37 Å². The highest BCUT2D eigenvalue weighted by Crippen LogP contribution is 2.31. The highest BCUT2D eigenvalue weighted by Gasteiger charge is 2.34. The molecule has 0 saturated heterocycles. The minimum absolute atomic E-state index is 0.0971. The molecule has 192 valence electrons. The molecule has 0 radical (unpaired) electrons. The Labute approximate surface area is 206 Å². The Morgan fingerprint density at radius 2 is 1.69 bits per heavy atom. The van der Waals surface area contributed by atoms with Gasteiger partial charge in [-0.1, -0.05) is 27.7 Å². The summed E-state index contributed by atoms with van der Waals surface area (Å²) in [6.07, 6.45) is 1.73. The van der Waals surface area contributed by atoms with Crippen LogP contribution in [0.2, 0.25) is 0 Å². The summed E-state index contributed by atoms with van der Waals surface area (Å²) in [7, 11) is 1.38. The standard InChI is InChI=1S/C27H36FNO6/c1-7-18(8-2)26(35-20-11-9-19(28)10-12-20)17(5)34-27(32)21(16(3)4)15-22(30)24-25(31)23(33-6)13-14-29-24/h9-14,16-18,21,26,31H,7-8,15H2,1-6H3/t17-,21-,26-/m0/s1. The summed E-state index contributed by atoms with van der Waals surface area (Å²) in [5.74, 6) is -1.96. The number of benzene rings is 1. The van der Waals surface area contributed by atoms with Gasteiger partial charge in [0.15, 0.2) is 23.0 Å². The van der Waals surface area contributed by atoms with Crippen molar-refractivity contribution in [1.29, 1.82) is 0 Å². The predicted molar refractivity (Wildman–Crippen MR) is 130 cm³/mol. The highest BCUT2D eigenvalue weighted by molar-refractivity contribution is 5.99. The summed E-state index contributed by atoms with van der Waals surface area (Å²) in [5.41, 5.74) is -0.148. The maximum Gasteiger partial charge on any atom is 0.310 e. The number of Topliss-reactive ketones (excluding diaryl/α,β-unsaturated/α-hetero) is 1. The van der Waals surface area contributed by atoms with Gasteiger partial charge in [0.25, 0.3) is 0 Å². The number of aromatic hydroxyl groups is 1. The van der Waals surface area contributed by atoms with Gasteiger partial charge in [-0.05, 0) is 55.9 Å². The first-order chi connectivity index (χ1) is 16.6. The number of methoxy groups -OCH3 is 1. The Kier molecular flexibility index (Phi) is 10.5. The molecule has 1 N–H and O–H groups in total. The van der Waals surface area contributed by atoms with Crippen LogP contribution in [-0.2, 0) is 9.53 Å². The molecule has 2 aromatic rings. The molecule has 0 spiro atoms. The fraction of sp³-hybridized carbons (Fsp3) is 0.519. The Morgan fingerprint density at radius 1 is 1.06 bits per heavy atom. The molecule has 2 rings (SSSR count). The third-order valence-corrected chi connectivity index (χ3v) is 6.25. The topological polar surface area (TPSA) is 95.0 Å². The lowest BCUT2D eigenvalue weighted by molar-refractivity contribution is -0.161. The molecule has 0 aliphatic heterocycles. The van der Waals surface area contributed by atoms with Gasteiger partial charge in [0, 0.05) is 18.7 Å². The minimum atomic E-state index is -0.745. The molecule has 0 bridgehead atoms. The quantitative estimate of drug-likeness (QED) is 0.289. The van der Waals surface area contributed by atoms with E-state index in [-0.39, 0.29) is 41.3 Å². The molecule has 1 heterocycles. The van der Waals surface area contributed by atoms with E-state index in [1.807, 2.05) is 27.7 Å². The maximum atomic E-state index is 13.3. The molecular weight excluding hydrogens is 453 g/mol. The zero-order chi connectivity index (χ0) is 26.1. The van der Waals surface area contributed by atoms with Crippen molar-refractivity contribution in [2.45, 2.75) is 66.1 Å². The number of halogens is 1. The zero-order valence-corrected chi connectivity index (χ0v) is 21.3. The number of aromatic nitrogens is 1. The van der Waals surface area contributed by atoms with Crippen LogP contribution in [-0.4, -0.2) is 41.2 Å². The fourth-order valence-corrected chi connectivity index (χ4v) is 4.03. The molecule has 0 aliphatic rings. The molecule has 7 nitrogen and oxygen atoms in total. The molecule has 1 aromatic carbocycles. The lowest BCUT2D eigenvalue weighted by Gasteiger charge is -2.32. The molecule has 1 aromatic heterocycles. The Hall–Kier alpha value is -3.16. The third kappa shape index (κ3) is 7.41. The molecule has 8 heteroatoms. The van der Waals surface area contributed by atoms with Crippen molar-refractivity contribution in [2.75, 3.05) is 7.11 Å². The number of ketones is 1. The van der Waals surface area contributed by atoms with Crippen molar-refractivity contribution in [3.8, 4) is 17.2 Å². The van der Waals surface area contributed by atoms with Gasteiger partial charge >= 0.3 is 5.97 Å². The van der Waals surface area contributed by atoms with Crippen molar-refractivity contribution in [2.24, 2.45) is 17.8 Å². The predicted octanol–water partition coefficient (Wildman–Crippen LogP) is 5.60. The van der Waals surface area contributed by atoms with Crippen molar-refractivity contribution in [3.63, 3.8) is 0 Å². The lowest BCUT2D eigenvalue weighted by Crippen LogP contribution is -2.41. The zero-order valence-electron chi connectivity index (χ0n) is 21.3. The Morgan fingerprint density at radius 3 is 2.23 bits per heavy atom. The van der Waals surface area contributed by atoms with Crippen LogP contribution in [0.3, 0.4) is 0 Å². The largest absolute Gasteiger partial charge is 0.503 e. The number of nitrogens with zero attached hydrogens (tertiary/aromatic N) is 1. The summed E-state index contributed by atoms with van der Waals surface area (Å²) in [6, 6.07) is 7.17. The first kappa shape index (κ1) is 28.1. The second-order valence-electron chi connectivity index (χ2n) is 8.94. The van der Waals surface area contributed by atoms with Crippen LogP contribution >= 0.6 is 0 Å². The summed E-state index contributed by atoms with van der Waals surface area (Å²) in [5, 5.41) is 10.3. The highest BCUT2D eigenvalue weighted by atomic mass is 19.1. The van der Waals surface area contributed by atoms with Crippen molar-refractivity contribution in [3.05, 3.63) is 48.0 Å². The molecule has 0 fully saturated rings. The molecular formula is C27H36FNO6. The van der Waals surface area contributed by atoms with Gasteiger partial charge < -0.3 is 19.3 Å². The number of ether oxygens (including phenoxy) is 3. The number of hydrogen-bond donors (Lipinski definition) is 1. The Balaban J connectivity index is 2.19. The summed E-state index contributed by atoms with van der Waals surface area (Å²) < 4.78 is 30.3. The molecule has 0 unspecified atom stereocenters. The van der Waals surface area contributed by atoms with Gasteiger partial charge in [0.05, 0.1) is 13.0 Å². The van der Waals surface area contributed by atoms with Crippen LogP contribution in [0.1, 0.15) is 64.4 Å². The van der Waals surface area contributed by atoms with E-state index in [1.54, 1.807) is 19.1 Å². The molecule has 0 amide bonds. The molecule has 3 atom stereocenters. The van der Waals surface area contributed by atoms with Gasteiger partial charge in [-0.15, -0.1) is 0 Å². The van der Waals surface area contributed by atoms with Gasteiger partial charge in [0.1, 0.15) is 23.8 Å². The van der Waals surface area contributed by atoms with Gasteiger partial charge in [0.2, 0.25) is 0 Å². The van der Waals surface area contributed by atoms with Gasteiger partial charge in [-0.3, -0.25) is 9.59 Å². The lowest BCUT2D eigenvalue weighted by atomic mass is 9.89. The van der Waals surface area contributed by atoms with E-state index in [9.17, 15) is 19.1 Å². The average Bonchev–Trinajstić information content (AvgIpc) is 2.83. The van der Waals surface area contributed by atoms with E-state index in [4.69, 9.17) is 14.2 Å². The van der Waals surface area contributed by atoms with E-state index in [1.165, 1.54) is 31.5 Å². The first-order valence-corrected chi connectivity index (χ1v) is 12.0. The molecule has 0 saturated carbocycles. The van der Waals surface area contributed by atoms with E-state index in [0.717, 1.165) is 12.8 Å². The van der Waals surface area contributed by atoms with Crippen LogP contribution in [0, 0.1) is 23.6 Å². The van der Waals surface area contributed by atoms with E-state index < -0.39 is 29.9 Å². The number of pyridine rings is 1.